The topological polar surface area (TPSA) is 52.6 Å². The molecule has 0 aromatic heterocycles. The van der Waals surface area contributed by atoms with Crippen LogP contribution in [-0.4, -0.2) is 42.2 Å². The summed E-state index contributed by atoms with van der Waals surface area (Å²) in [5, 5.41) is 12.1. The molecule has 0 radical (unpaired) electrons. The van der Waals surface area contributed by atoms with Crippen LogP contribution in [0.25, 0.3) is 0 Å². The fourth-order valence-corrected chi connectivity index (χ4v) is 2.16. The molecule has 4 heteroatoms. The van der Waals surface area contributed by atoms with Crippen molar-refractivity contribution in [3.8, 4) is 0 Å². The van der Waals surface area contributed by atoms with Crippen LogP contribution in [0, 0.1) is 0 Å². The quantitative estimate of drug-likeness (QED) is 0.644. The van der Waals surface area contributed by atoms with Gasteiger partial charge < -0.3 is 15.3 Å². The van der Waals surface area contributed by atoms with Gasteiger partial charge in [0, 0.05) is 19.6 Å². The van der Waals surface area contributed by atoms with Crippen molar-refractivity contribution in [2.24, 2.45) is 0 Å². The summed E-state index contributed by atoms with van der Waals surface area (Å²) in [4.78, 5) is 13.0. The maximum absolute atomic E-state index is 10.6. The summed E-state index contributed by atoms with van der Waals surface area (Å²) in [6.45, 7) is 9.52. The number of carboxylic acids is 1. The van der Waals surface area contributed by atoms with Crippen LogP contribution in [-0.2, 0) is 17.8 Å². The van der Waals surface area contributed by atoms with Crippen molar-refractivity contribution in [1.82, 2.24) is 10.2 Å². The first-order valence-corrected chi connectivity index (χ1v) is 7.38. The molecule has 4 nitrogen and oxygen atoms in total. The van der Waals surface area contributed by atoms with E-state index < -0.39 is 5.97 Å². The minimum absolute atomic E-state index is 0.0934. The Morgan fingerprint density at radius 3 is 2.35 bits per heavy atom. The number of hydrogen-bond donors (Lipinski definition) is 2. The zero-order valence-electron chi connectivity index (χ0n) is 12.6. The van der Waals surface area contributed by atoms with Gasteiger partial charge in [0.25, 0.3) is 0 Å². The average molecular weight is 278 g/mol. The van der Waals surface area contributed by atoms with Crippen LogP contribution < -0.4 is 5.32 Å². The molecule has 0 saturated carbocycles. The Morgan fingerprint density at radius 2 is 1.80 bits per heavy atom. The SMILES string of the molecule is CCCN(CC)CCNCc1ccc(CC(=O)O)cc1. The van der Waals surface area contributed by atoms with Crippen LogP contribution >= 0.6 is 0 Å². The smallest absolute Gasteiger partial charge is 0.307 e. The predicted octanol–water partition coefficient (Wildman–Crippen LogP) is 2.14. The second kappa shape index (κ2) is 9.50. The summed E-state index contributed by atoms with van der Waals surface area (Å²) in [7, 11) is 0. The number of benzene rings is 1. The summed E-state index contributed by atoms with van der Waals surface area (Å²) in [6, 6.07) is 7.77. The second-order valence-electron chi connectivity index (χ2n) is 5.00. The molecule has 0 amide bonds. The molecule has 20 heavy (non-hydrogen) atoms. The summed E-state index contributed by atoms with van der Waals surface area (Å²) < 4.78 is 0. The zero-order valence-corrected chi connectivity index (χ0v) is 12.6. The third kappa shape index (κ3) is 6.68. The van der Waals surface area contributed by atoms with Gasteiger partial charge >= 0.3 is 5.97 Å². The highest BCUT2D eigenvalue weighted by molar-refractivity contribution is 5.70. The van der Waals surface area contributed by atoms with Crippen LogP contribution in [0.15, 0.2) is 24.3 Å². The van der Waals surface area contributed by atoms with Crippen LogP contribution in [0.3, 0.4) is 0 Å². The van der Waals surface area contributed by atoms with E-state index in [0.29, 0.717) is 0 Å². The summed E-state index contributed by atoms with van der Waals surface area (Å²) in [5.41, 5.74) is 2.04. The minimum atomic E-state index is -0.786. The molecule has 2 N–H and O–H groups in total. The fourth-order valence-electron chi connectivity index (χ4n) is 2.16. The maximum Gasteiger partial charge on any atom is 0.307 e. The van der Waals surface area contributed by atoms with Gasteiger partial charge in [0.05, 0.1) is 6.42 Å². The molecule has 0 saturated heterocycles. The molecule has 1 aromatic rings. The van der Waals surface area contributed by atoms with Crippen molar-refractivity contribution in [1.29, 1.82) is 0 Å². The van der Waals surface area contributed by atoms with Crippen LogP contribution in [0.5, 0.6) is 0 Å². The normalized spacial score (nSPS) is 10.9. The van der Waals surface area contributed by atoms with Crippen molar-refractivity contribution >= 4 is 5.97 Å². The van der Waals surface area contributed by atoms with Gasteiger partial charge in [-0.05, 0) is 30.6 Å². The molecule has 0 heterocycles. The number of carboxylic acid groups (broad SMARTS) is 1. The molecule has 1 aromatic carbocycles. The lowest BCUT2D eigenvalue weighted by Gasteiger charge is -2.19. The van der Waals surface area contributed by atoms with E-state index >= 15 is 0 Å². The highest BCUT2D eigenvalue weighted by Crippen LogP contribution is 2.05. The molecule has 0 aliphatic rings. The molecule has 0 fully saturated rings. The third-order valence-corrected chi connectivity index (χ3v) is 3.30. The third-order valence-electron chi connectivity index (χ3n) is 3.30. The first-order valence-electron chi connectivity index (χ1n) is 7.38. The lowest BCUT2D eigenvalue weighted by Crippen LogP contribution is -2.32. The van der Waals surface area contributed by atoms with Crippen LogP contribution in [0.4, 0.5) is 0 Å². The minimum Gasteiger partial charge on any atom is -0.481 e. The highest BCUT2D eigenvalue weighted by atomic mass is 16.4. The van der Waals surface area contributed by atoms with E-state index in [1.807, 2.05) is 24.3 Å². The zero-order chi connectivity index (χ0) is 14.8. The van der Waals surface area contributed by atoms with Gasteiger partial charge in [0.1, 0.15) is 0 Å². The van der Waals surface area contributed by atoms with Gasteiger partial charge in [-0.1, -0.05) is 38.1 Å². The number of nitrogens with one attached hydrogen (secondary N) is 1. The molecule has 1 rings (SSSR count). The lowest BCUT2D eigenvalue weighted by atomic mass is 10.1. The number of likely N-dealkylation sites (N-methyl/N-ethyl adjacent to an activating group) is 1. The molecule has 112 valence electrons. The van der Waals surface area contributed by atoms with Crippen molar-refractivity contribution in [3.63, 3.8) is 0 Å². The van der Waals surface area contributed by atoms with E-state index in [9.17, 15) is 4.79 Å². The van der Waals surface area contributed by atoms with E-state index in [-0.39, 0.29) is 6.42 Å². The number of aliphatic carboxylic acids is 1. The summed E-state index contributed by atoms with van der Waals surface area (Å²) in [6.07, 6.45) is 1.29. The van der Waals surface area contributed by atoms with Gasteiger partial charge in [0.2, 0.25) is 0 Å². The van der Waals surface area contributed by atoms with Crippen molar-refractivity contribution in [2.45, 2.75) is 33.2 Å². The highest BCUT2D eigenvalue weighted by Gasteiger charge is 2.01. The lowest BCUT2D eigenvalue weighted by molar-refractivity contribution is -0.136. The Hall–Kier alpha value is -1.39. The molecule has 0 spiro atoms. The Kier molecular flexibility index (Phi) is 7.92. The number of carbonyl (C=O) groups is 1. The van der Waals surface area contributed by atoms with Crippen molar-refractivity contribution < 1.29 is 9.90 Å². The maximum atomic E-state index is 10.6. The number of hydrogen-bond acceptors (Lipinski definition) is 3. The van der Waals surface area contributed by atoms with E-state index in [0.717, 1.165) is 38.3 Å². The monoisotopic (exact) mass is 278 g/mol. The molecule has 0 unspecified atom stereocenters. The first-order chi connectivity index (χ1) is 9.65. The first kappa shape index (κ1) is 16.7. The van der Waals surface area contributed by atoms with Crippen LogP contribution in [0.2, 0.25) is 0 Å². The van der Waals surface area contributed by atoms with Gasteiger partial charge in [0.15, 0.2) is 0 Å². The van der Waals surface area contributed by atoms with Gasteiger partial charge in [-0.25, -0.2) is 0 Å². The van der Waals surface area contributed by atoms with Crippen LogP contribution in [0.1, 0.15) is 31.4 Å². The number of nitrogens with zero attached hydrogens (tertiary/aromatic N) is 1. The standard InChI is InChI=1S/C16H26N2O2/c1-3-10-18(4-2)11-9-17-13-15-7-5-14(6-8-15)12-16(19)20/h5-8,17H,3-4,9-13H2,1-2H3,(H,19,20). The van der Waals surface area contributed by atoms with E-state index in [1.54, 1.807) is 0 Å². The molecule has 0 bridgehead atoms. The van der Waals surface area contributed by atoms with E-state index in [1.165, 1.54) is 12.0 Å². The fraction of sp³-hybridized carbons (Fsp3) is 0.562. The second-order valence-corrected chi connectivity index (χ2v) is 5.00. The molecular formula is C16H26N2O2. The van der Waals surface area contributed by atoms with Gasteiger partial charge in [-0.2, -0.15) is 0 Å². The molecule has 0 atom stereocenters. The largest absolute Gasteiger partial charge is 0.481 e. The van der Waals surface area contributed by atoms with Crippen molar-refractivity contribution in [2.75, 3.05) is 26.2 Å². The summed E-state index contributed by atoms with van der Waals surface area (Å²) >= 11 is 0. The number of rotatable bonds is 10. The average Bonchev–Trinajstić information content (AvgIpc) is 2.43. The molecule has 0 aliphatic carbocycles. The Labute approximate surface area is 121 Å². The Bertz CT molecular complexity index is 390. The molecule has 0 aliphatic heterocycles. The Balaban J connectivity index is 2.26. The predicted molar refractivity (Wildman–Crippen MR) is 81.9 cm³/mol. The van der Waals surface area contributed by atoms with Gasteiger partial charge in [-0.15, -0.1) is 0 Å². The van der Waals surface area contributed by atoms with Gasteiger partial charge in [-0.3, -0.25) is 4.79 Å². The van der Waals surface area contributed by atoms with E-state index in [2.05, 4.69) is 24.1 Å². The van der Waals surface area contributed by atoms with E-state index in [4.69, 9.17) is 5.11 Å². The molecular weight excluding hydrogens is 252 g/mol. The summed E-state index contributed by atoms with van der Waals surface area (Å²) in [5.74, 6) is -0.786. The van der Waals surface area contributed by atoms with Crippen molar-refractivity contribution in [3.05, 3.63) is 35.4 Å². The Morgan fingerprint density at radius 1 is 1.15 bits per heavy atom.